The average molecular weight is 272 g/mol. The summed E-state index contributed by atoms with van der Waals surface area (Å²) >= 11 is 0. The zero-order valence-electron chi connectivity index (χ0n) is 11.9. The first kappa shape index (κ1) is 13.1. The van der Waals surface area contributed by atoms with Crippen molar-refractivity contribution >= 4 is 16.8 Å². The number of nitrogens with two attached hydrogens (primary N) is 1. The van der Waals surface area contributed by atoms with E-state index in [2.05, 4.69) is 24.0 Å². The van der Waals surface area contributed by atoms with E-state index in [0.717, 1.165) is 17.3 Å². The second-order valence-corrected chi connectivity index (χ2v) is 6.25. The van der Waals surface area contributed by atoms with Crippen LogP contribution in [0.25, 0.3) is 10.9 Å². The van der Waals surface area contributed by atoms with Gasteiger partial charge in [-0.25, -0.2) is 0 Å². The molecule has 3 rings (SSSR count). The van der Waals surface area contributed by atoms with Crippen LogP contribution in [0.5, 0.6) is 0 Å². The lowest BCUT2D eigenvalue weighted by molar-refractivity contribution is 0.0534. The number of piperidine rings is 1. The minimum Gasteiger partial charge on any atom is -0.338 e. The van der Waals surface area contributed by atoms with Crippen molar-refractivity contribution in [3.8, 4) is 0 Å². The molecule has 1 fully saturated rings. The van der Waals surface area contributed by atoms with E-state index in [1.165, 1.54) is 0 Å². The van der Waals surface area contributed by atoms with E-state index in [1.807, 2.05) is 23.1 Å². The van der Waals surface area contributed by atoms with E-state index >= 15 is 0 Å². The molecule has 5 heteroatoms. The second kappa shape index (κ2) is 4.59. The Balaban J connectivity index is 1.91. The molecule has 0 spiro atoms. The largest absolute Gasteiger partial charge is 0.338 e. The van der Waals surface area contributed by atoms with Crippen LogP contribution in [0.15, 0.2) is 24.4 Å². The van der Waals surface area contributed by atoms with Crippen LogP contribution in [0.3, 0.4) is 0 Å². The molecule has 1 amide bonds. The van der Waals surface area contributed by atoms with Gasteiger partial charge in [-0.05, 0) is 17.9 Å². The zero-order chi connectivity index (χ0) is 14.3. The number of fused-ring (bicyclic) bond motifs is 1. The number of carbonyl (C=O) groups is 1. The molecule has 1 unspecified atom stereocenters. The first-order valence-corrected chi connectivity index (χ1v) is 6.96. The Labute approximate surface area is 118 Å². The highest BCUT2D eigenvalue weighted by atomic mass is 16.2. The van der Waals surface area contributed by atoms with Gasteiger partial charge in [-0.1, -0.05) is 26.0 Å². The van der Waals surface area contributed by atoms with Gasteiger partial charge in [0.05, 0.1) is 17.3 Å². The van der Waals surface area contributed by atoms with Gasteiger partial charge in [0.1, 0.15) is 0 Å². The fourth-order valence-electron chi connectivity index (χ4n) is 2.86. The molecule has 3 N–H and O–H groups in total. The van der Waals surface area contributed by atoms with Crippen molar-refractivity contribution in [3.05, 3.63) is 30.0 Å². The monoisotopic (exact) mass is 272 g/mol. The summed E-state index contributed by atoms with van der Waals surface area (Å²) in [4.78, 5) is 14.6. The van der Waals surface area contributed by atoms with Crippen LogP contribution in [0.4, 0.5) is 0 Å². The number of nitrogens with zero attached hydrogens (tertiary/aromatic N) is 2. The number of hydrogen-bond acceptors (Lipinski definition) is 3. The maximum atomic E-state index is 12.7. The number of aromatic nitrogens is 2. The summed E-state index contributed by atoms with van der Waals surface area (Å²) in [5.74, 6) is 0.0554. The average Bonchev–Trinajstić information content (AvgIpc) is 2.89. The Morgan fingerprint density at radius 3 is 3.05 bits per heavy atom. The summed E-state index contributed by atoms with van der Waals surface area (Å²) in [5, 5.41) is 7.89. The van der Waals surface area contributed by atoms with Gasteiger partial charge in [0.15, 0.2) is 0 Å². The molecule has 1 aliphatic heterocycles. The number of benzene rings is 1. The summed E-state index contributed by atoms with van der Waals surface area (Å²) in [6, 6.07) is 5.84. The normalized spacial score (nSPS) is 22.1. The summed E-state index contributed by atoms with van der Waals surface area (Å²) in [5.41, 5.74) is 7.58. The Hall–Kier alpha value is -1.88. The van der Waals surface area contributed by atoms with Gasteiger partial charge in [0.25, 0.3) is 5.91 Å². The van der Waals surface area contributed by atoms with E-state index < -0.39 is 0 Å². The topological polar surface area (TPSA) is 75.0 Å². The molecule has 5 nitrogen and oxygen atoms in total. The minimum absolute atomic E-state index is 0.0458. The molecule has 0 aliphatic carbocycles. The first-order valence-electron chi connectivity index (χ1n) is 6.96. The fourth-order valence-corrected chi connectivity index (χ4v) is 2.86. The smallest absolute Gasteiger partial charge is 0.256 e. The van der Waals surface area contributed by atoms with Crippen LogP contribution < -0.4 is 5.73 Å². The van der Waals surface area contributed by atoms with Gasteiger partial charge in [-0.2, -0.15) is 5.10 Å². The molecule has 106 valence electrons. The molecule has 1 aromatic carbocycles. The molecular formula is C15H20N4O. The van der Waals surface area contributed by atoms with Crippen molar-refractivity contribution in [3.63, 3.8) is 0 Å². The van der Waals surface area contributed by atoms with E-state index in [0.29, 0.717) is 18.7 Å². The van der Waals surface area contributed by atoms with E-state index in [9.17, 15) is 4.79 Å². The number of H-pyrrole nitrogens is 1. The SMILES string of the molecule is CC1(C)CN(C(=O)c2cccc3cn[nH]c23)CCC1N. The lowest BCUT2D eigenvalue weighted by Gasteiger charge is -2.42. The molecule has 20 heavy (non-hydrogen) atoms. The van der Waals surface area contributed by atoms with Crippen molar-refractivity contribution in [1.29, 1.82) is 0 Å². The Morgan fingerprint density at radius 2 is 2.30 bits per heavy atom. The zero-order valence-corrected chi connectivity index (χ0v) is 11.9. The quantitative estimate of drug-likeness (QED) is 0.830. The highest BCUT2D eigenvalue weighted by Gasteiger charge is 2.35. The molecule has 1 saturated heterocycles. The van der Waals surface area contributed by atoms with Crippen LogP contribution in [-0.2, 0) is 0 Å². The van der Waals surface area contributed by atoms with Crippen molar-refractivity contribution in [2.24, 2.45) is 11.1 Å². The molecule has 0 saturated carbocycles. The Kier molecular flexibility index (Phi) is 3.01. The standard InChI is InChI=1S/C15H20N4O/c1-15(2)9-19(7-6-12(15)16)14(20)11-5-3-4-10-8-17-18-13(10)11/h3-5,8,12H,6-7,9,16H2,1-2H3,(H,17,18). The lowest BCUT2D eigenvalue weighted by Crippen LogP contribution is -2.54. The van der Waals surface area contributed by atoms with Gasteiger partial charge in [0, 0.05) is 24.5 Å². The summed E-state index contributed by atoms with van der Waals surface area (Å²) < 4.78 is 0. The van der Waals surface area contributed by atoms with Crippen molar-refractivity contribution in [1.82, 2.24) is 15.1 Å². The fraction of sp³-hybridized carbons (Fsp3) is 0.467. The molecule has 0 radical (unpaired) electrons. The van der Waals surface area contributed by atoms with Crippen molar-refractivity contribution in [2.75, 3.05) is 13.1 Å². The number of rotatable bonds is 1. The van der Waals surface area contributed by atoms with E-state index in [1.54, 1.807) is 6.20 Å². The van der Waals surface area contributed by atoms with Crippen LogP contribution in [-0.4, -0.2) is 40.1 Å². The number of para-hydroxylation sites is 1. The predicted molar refractivity (Wildman–Crippen MR) is 78.4 cm³/mol. The molecule has 1 atom stereocenters. The Morgan fingerprint density at radius 1 is 1.50 bits per heavy atom. The van der Waals surface area contributed by atoms with Crippen LogP contribution in [0.2, 0.25) is 0 Å². The molecule has 1 aliphatic rings. The maximum Gasteiger partial charge on any atom is 0.256 e. The van der Waals surface area contributed by atoms with Crippen LogP contribution >= 0.6 is 0 Å². The van der Waals surface area contributed by atoms with Gasteiger partial charge in [0.2, 0.25) is 0 Å². The number of amides is 1. The van der Waals surface area contributed by atoms with E-state index in [4.69, 9.17) is 5.73 Å². The molecule has 1 aromatic heterocycles. The van der Waals surface area contributed by atoms with Crippen molar-refractivity contribution in [2.45, 2.75) is 26.3 Å². The number of hydrogen-bond donors (Lipinski definition) is 2. The van der Waals surface area contributed by atoms with Crippen molar-refractivity contribution < 1.29 is 4.79 Å². The van der Waals surface area contributed by atoms with Gasteiger partial charge in [-0.3, -0.25) is 9.89 Å². The van der Waals surface area contributed by atoms with Crippen LogP contribution in [0.1, 0.15) is 30.6 Å². The number of carbonyl (C=O) groups excluding carboxylic acids is 1. The maximum absolute atomic E-state index is 12.7. The summed E-state index contributed by atoms with van der Waals surface area (Å²) in [7, 11) is 0. The third kappa shape index (κ3) is 2.08. The highest BCUT2D eigenvalue weighted by Crippen LogP contribution is 2.29. The first-order chi connectivity index (χ1) is 9.49. The molecular weight excluding hydrogens is 252 g/mol. The van der Waals surface area contributed by atoms with Crippen LogP contribution in [0, 0.1) is 5.41 Å². The second-order valence-electron chi connectivity index (χ2n) is 6.25. The van der Waals surface area contributed by atoms with Gasteiger partial charge in [-0.15, -0.1) is 0 Å². The summed E-state index contributed by atoms with van der Waals surface area (Å²) in [6.07, 6.45) is 2.58. The lowest BCUT2D eigenvalue weighted by atomic mass is 9.79. The van der Waals surface area contributed by atoms with Gasteiger partial charge >= 0.3 is 0 Å². The number of aromatic amines is 1. The summed E-state index contributed by atoms with van der Waals surface area (Å²) in [6.45, 7) is 5.65. The third-order valence-corrected chi connectivity index (χ3v) is 4.31. The molecule has 2 heterocycles. The Bertz CT molecular complexity index is 646. The van der Waals surface area contributed by atoms with Gasteiger partial charge < -0.3 is 10.6 Å². The third-order valence-electron chi connectivity index (χ3n) is 4.31. The number of likely N-dealkylation sites (tertiary alicyclic amines) is 1. The highest BCUT2D eigenvalue weighted by molar-refractivity contribution is 6.05. The molecule has 0 bridgehead atoms. The minimum atomic E-state index is -0.0458. The predicted octanol–water partition coefficient (Wildman–Crippen LogP) is 1.76. The molecule has 2 aromatic rings. The number of nitrogens with one attached hydrogen (secondary N) is 1. The van der Waals surface area contributed by atoms with E-state index in [-0.39, 0.29) is 17.4 Å².